The number of carboxylic acid groups (broad SMARTS) is 1. The minimum absolute atomic E-state index is 0.0190. The number of ether oxygens (including phenoxy) is 2. The Bertz CT molecular complexity index is 1450. The summed E-state index contributed by atoms with van der Waals surface area (Å²) in [5, 5.41) is 13.1. The minimum atomic E-state index is -3.75. The number of carboxylic acids is 1. The smallest absolute Gasteiger partial charge is 0.349 e. The first kappa shape index (κ1) is 30.0. The molecular weight excluding hydrogens is 620 g/mol. The third-order valence-corrected chi connectivity index (χ3v) is 10.2. The van der Waals surface area contributed by atoms with E-state index in [2.05, 4.69) is 21.2 Å². The number of nitrogens with zero attached hydrogens (tertiary/aromatic N) is 1. The summed E-state index contributed by atoms with van der Waals surface area (Å²) in [4.78, 5) is 24.5. The van der Waals surface area contributed by atoms with Gasteiger partial charge in [0.15, 0.2) is 17.2 Å². The standard InChI is InChI=1S/C28H31BrN2O7S2/c1-18(2)38-23(32)16-37-25-24(29)26(39-27(25)28(33)34)20-9-6-10-22(15-20)31(21-11-13-30-14-12-21)40(35,36)17-19-7-4-3-5-8-19/h3-10,15,18,21,30H,11-14,16-17H2,1-2H3,(H,33,34). The van der Waals surface area contributed by atoms with Crippen molar-refractivity contribution < 1.29 is 32.6 Å². The van der Waals surface area contributed by atoms with Crippen LogP contribution >= 0.6 is 27.3 Å². The fourth-order valence-electron chi connectivity index (χ4n) is 4.56. The van der Waals surface area contributed by atoms with Crippen LogP contribution in [0.1, 0.15) is 41.9 Å². The summed E-state index contributed by atoms with van der Waals surface area (Å²) in [7, 11) is -3.75. The van der Waals surface area contributed by atoms with Gasteiger partial charge in [0.2, 0.25) is 10.0 Å². The molecule has 0 unspecified atom stereocenters. The van der Waals surface area contributed by atoms with Crippen molar-refractivity contribution in [3.63, 3.8) is 0 Å². The van der Waals surface area contributed by atoms with Gasteiger partial charge in [0.05, 0.1) is 26.9 Å². The van der Waals surface area contributed by atoms with Crippen LogP contribution in [0.3, 0.4) is 0 Å². The zero-order valence-electron chi connectivity index (χ0n) is 22.1. The highest BCUT2D eigenvalue weighted by Crippen LogP contribution is 2.46. The van der Waals surface area contributed by atoms with E-state index in [-0.39, 0.29) is 28.5 Å². The molecule has 1 fully saturated rings. The number of sulfonamides is 1. The first-order chi connectivity index (χ1) is 19.1. The van der Waals surface area contributed by atoms with Crippen molar-refractivity contribution in [1.82, 2.24) is 5.32 Å². The lowest BCUT2D eigenvalue weighted by molar-refractivity contribution is -0.149. The number of esters is 1. The third kappa shape index (κ3) is 7.22. The van der Waals surface area contributed by atoms with Gasteiger partial charge in [0, 0.05) is 6.04 Å². The van der Waals surface area contributed by atoms with Gasteiger partial charge in [-0.1, -0.05) is 42.5 Å². The largest absolute Gasteiger partial charge is 0.479 e. The van der Waals surface area contributed by atoms with Crippen molar-refractivity contribution in [1.29, 1.82) is 0 Å². The molecule has 9 nitrogen and oxygen atoms in total. The van der Waals surface area contributed by atoms with Crippen LogP contribution in [0.4, 0.5) is 5.69 Å². The van der Waals surface area contributed by atoms with Crippen LogP contribution in [0, 0.1) is 0 Å². The SMILES string of the molecule is CC(C)OC(=O)COc1c(C(=O)O)sc(-c2cccc(N(C3CCNCC3)S(=O)(=O)Cc3ccccc3)c2)c1Br. The monoisotopic (exact) mass is 650 g/mol. The van der Waals surface area contributed by atoms with Gasteiger partial charge in [-0.25, -0.2) is 18.0 Å². The van der Waals surface area contributed by atoms with Crippen LogP contribution in [0.25, 0.3) is 10.4 Å². The molecule has 2 N–H and O–H groups in total. The number of piperidine rings is 1. The van der Waals surface area contributed by atoms with Gasteiger partial charge in [-0.3, -0.25) is 4.31 Å². The number of benzene rings is 2. The second kappa shape index (κ2) is 13.2. The van der Waals surface area contributed by atoms with Crippen molar-refractivity contribution in [2.75, 3.05) is 24.0 Å². The number of carbonyl (C=O) groups is 2. The molecule has 0 spiro atoms. The lowest BCUT2D eigenvalue weighted by Gasteiger charge is -2.35. The number of rotatable bonds is 11. The van der Waals surface area contributed by atoms with Crippen LogP contribution in [0.5, 0.6) is 5.75 Å². The molecule has 0 amide bonds. The molecular formula is C28H31BrN2O7S2. The number of anilines is 1. The fraction of sp³-hybridized carbons (Fsp3) is 0.357. The van der Waals surface area contributed by atoms with Crippen molar-refractivity contribution in [3.8, 4) is 16.2 Å². The first-order valence-corrected chi connectivity index (χ1v) is 16.0. The van der Waals surface area contributed by atoms with Crippen molar-refractivity contribution >= 4 is 54.9 Å². The van der Waals surface area contributed by atoms with Crippen LogP contribution in [0.15, 0.2) is 59.1 Å². The maximum Gasteiger partial charge on any atom is 0.349 e. The third-order valence-electron chi connectivity index (χ3n) is 6.20. The van der Waals surface area contributed by atoms with E-state index in [1.165, 1.54) is 4.31 Å². The zero-order chi connectivity index (χ0) is 28.9. The predicted octanol–water partition coefficient (Wildman–Crippen LogP) is 5.29. The topological polar surface area (TPSA) is 122 Å². The summed E-state index contributed by atoms with van der Waals surface area (Å²) in [6.45, 7) is 4.38. The molecule has 2 aromatic carbocycles. The molecule has 0 atom stereocenters. The normalized spacial score (nSPS) is 14.2. The van der Waals surface area contributed by atoms with Gasteiger partial charge in [-0.05, 0) is 79.0 Å². The zero-order valence-corrected chi connectivity index (χ0v) is 25.4. The van der Waals surface area contributed by atoms with Crippen LogP contribution < -0.4 is 14.4 Å². The number of carbonyl (C=O) groups excluding carboxylic acids is 1. The Morgan fingerprint density at radius 2 is 1.82 bits per heavy atom. The van der Waals surface area contributed by atoms with Crippen molar-refractivity contribution in [2.45, 2.75) is 44.6 Å². The molecule has 1 saturated heterocycles. The Hall–Kier alpha value is -2.93. The van der Waals surface area contributed by atoms with E-state index in [4.69, 9.17) is 9.47 Å². The van der Waals surface area contributed by atoms with E-state index in [1.807, 2.05) is 18.2 Å². The summed E-state index contributed by atoms with van der Waals surface area (Å²) < 4.78 is 40.2. The molecule has 12 heteroatoms. The average molecular weight is 652 g/mol. The maximum absolute atomic E-state index is 13.8. The fourth-order valence-corrected chi connectivity index (χ4v) is 8.30. The molecule has 214 valence electrons. The molecule has 1 aromatic heterocycles. The lowest BCUT2D eigenvalue weighted by Crippen LogP contribution is -2.46. The Kier molecular flexibility index (Phi) is 9.88. The summed E-state index contributed by atoms with van der Waals surface area (Å²) >= 11 is 4.44. The second-order valence-electron chi connectivity index (χ2n) is 9.61. The van der Waals surface area contributed by atoms with Gasteiger partial charge in [-0.2, -0.15) is 0 Å². The average Bonchev–Trinajstić information content (AvgIpc) is 3.24. The van der Waals surface area contributed by atoms with Gasteiger partial charge in [0.25, 0.3) is 0 Å². The van der Waals surface area contributed by atoms with E-state index in [0.717, 1.165) is 11.3 Å². The first-order valence-electron chi connectivity index (χ1n) is 12.8. The number of nitrogens with one attached hydrogen (secondary N) is 1. The number of aromatic carboxylic acids is 1. The van der Waals surface area contributed by atoms with E-state index >= 15 is 0 Å². The summed E-state index contributed by atoms with van der Waals surface area (Å²) in [5.74, 6) is -1.94. The van der Waals surface area contributed by atoms with Gasteiger partial charge >= 0.3 is 11.9 Å². The summed E-state index contributed by atoms with van der Waals surface area (Å²) in [6, 6.07) is 15.9. The predicted molar refractivity (Wildman–Crippen MR) is 159 cm³/mol. The lowest BCUT2D eigenvalue weighted by atomic mass is 10.1. The molecule has 3 aromatic rings. The van der Waals surface area contributed by atoms with Gasteiger partial charge < -0.3 is 19.9 Å². The molecule has 40 heavy (non-hydrogen) atoms. The number of hydrogen-bond donors (Lipinski definition) is 2. The Morgan fingerprint density at radius 3 is 2.48 bits per heavy atom. The molecule has 0 saturated carbocycles. The van der Waals surface area contributed by atoms with Crippen LogP contribution in [-0.4, -0.2) is 57.3 Å². The van der Waals surface area contributed by atoms with Gasteiger partial charge in [-0.15, -0.1) is 11.3 Å². The van der Waals surface area contributed by atoms with Crippen molar-refractivity contribution in [2.24, 2.45) is 0 Å². The molecule has 1 aliphatic heterocycles. The Balaban J connectivity index is 1.71. The number of hydrogen-bond acceptors (Lipinski definition) is 8. The second-order valence-corrected chi connectivity index (χ2v) is 13.3. The highest BCUT2D eigenvalue weighted by Gasteiger charge is 2.32. The quantitative estimate of drug-likeness (QED) is 0.268. The number of halogens is 1. The molecule has 4 rings (SSSR count). The van der Waals surface area contributed by atoms with Crippen LogP contribution in [0.2, 0.25) is 0 Å². The molecule has 0 radical (unpaired) electrons. The van der Waals surface area contributed by atoms with E-state index in [0.29, 0.717) is 52.1 Å². The van der Waals surface area contributed by atoms with Crippen molar-refractivity contribution in [3.05, 3.63) is 69.5 Å². The number of thiophene rings is 1. The Morgan fingerprint density at radius 1 is 1.12 bits per heavy atom. The van der Waals surface area contributed by atoms with E-state index in [1.54, 1.807) is 50.2 Å². The summed E-state index contributed by atoms with van der Waals surface area (Å²) in [5.41, 5.74) is 1.81. The molecule has 1 aliphatic rings. The molecule has 2 heterocycles. The highest BCUT2D eigenvalue weighted by molar-refractivity contribution is 9.10. The highest BCUT2D eigenvalue weighted by atomic mass is 79.9. The summed E-state index contributed by atoms with van der Waals surface area (Å²) in [6.07, 6.45) is 0.990. The van der Waals surface area contributed by atoms with E-state index in [9.17, 15) is 23.1 Å². The van der Waals surface area contributed by atoms with Crippen LogP contribution in [-0.2, 0) is 25.3 Å². The van der Waals surface area contributed by atoms with Gasteiger partial charge in [0.1, 0.15) is 0 Å². The van der Waals surface area contributed by atoms with E-state index < -0.39 is 28.6 Å². The Labute approximate surface area is 246 Å². The molecule has 0 bridgehead atoms. The maximum atomic E-state index is 13.8. The molecule has 0 aliphatic carbocycles. The minimum Gasteiger partial charge on any atom is -0.479 e.